The monoisotopic (exact) mass is 441 g/mol. The quantitative estimate of drug-likeness (QED) is 0.369. The fourth-order valence-electron chi connectivity index (χ4n) is 4.60. The highest BCUT2D eigenvalue weighted by atomic mass is 19.1. The van der Waals surface area contributed by atoms with Crippen molar-refractivity contribution >= 4 is 10.8 Å². The van der Waals surface area contributed by atoms with Gasteiger partial charge in [-0.1, -0.05) is 78.9 Å². The zero-order valence-corrected chi connectivity index (χ0v) is 18.5. The maximum absolute atomic E-state index is 13.4. The van der Waals surface area contributed by atoms with Crippen molar-refractivity contribution < 1.29 is 13.9 Å². The van der Waals surface area contributed by atoms with E-state index in [9.17, 15) is 4.39 Å². The first kappa shape index (κ1) is 21.6. The van der Waals surface area contributed by atoms with Gasteiger partial charge in [0.05, 0.1) is 12.7 Å². The summed E-state index contributed by atoms with van der Waals surface area (Å²) >= 11 is 0. The first-order chi connectivity index (χ1) is 16.3. The molecule has 3 nitrogen and oxygen atoms in total. The van der Waals surface area contributed by atoms with Gasteiger partial charge in [-0.2, -0.15) is 0 Å². The number of fused-ring (bicyclic) bond motifs is 1. The van der Waals surface area contributed by atoms with Gasteiger partial charge < -0.3 is 14.8 Å². The molecule has 0 radical (unpaired) electrons. The van der Waals surface area contributed by atoms with Gasteiger partial charge in [0.15, 0.2) is 0 Å². The van der Waals surface area contributed by atoms with Crippen LogP contribution in [0.5, 0.6) is 5.75 Å². The minimum absolute atomic E-state index is 0.0117. The van der Waals surface area contributed by atoms with Crippen LogP contribution in [0.25, 0.3) is 10.8 Å². The summed E-state index contributed by atoms with van der Waals surface area (Å²) in [6.45, 7) is 2.67. The van der Waals surface area contributed by atoms with E-state index in [1.54, 1.807) is 0 Å². The summed E-state index contributed by atoms with van der Waals surface area (Å²) in [5, 5.41) is 5.68. The average Bonchev–Trinajstić information content (AvgIpc) is 2.87. The lowest BCUT2D eigenvalue weighted by molar-refractivity contribution is 0.00963. The van der Waals surface area contributed by atoms with E-state index in [1.165, 1.54) is 12.1 Å². The highest BCUT2D eigenvalue weighted by molar-refractivity contribution is 5.89. The lowest BCUT2D eigenvalue weighted by Crippen LogP contribution is -2.41. The molecule has 2 atom stereocenters. The molecule has 0 aromatic heterocycles. The molecule has 0 bridgehead atoms. The van der Waals surface area contributed by atoms with Crippen LogP contribution in [-0.2, 0) is 18.0 Å². The van der Waals surface area contributed by atoms with Crippen LogP contribution in [0.3, 0.4) is 0 Å². The van der Waals surface area contributed by atoms with Gasteiger partial charge in [0, 0.05) is 23.4 Å². The molecule has 1 saturated heterocycles. The zero-order valence-electron chi connectivity index (χ0n) is 18.5. The molecule has 1 aliphatic heterocycles. The molecule has 0 aliphatic carbocycles. The molecule has 0 saturated carbocycles. The minimum atomic E-state index is -0.207. The minimum Gasteiger partial charge on any atom is -0.488 e. The summed E-state index contributed by atoms with van der Waals surface area (Å²) in [4.78, 5) is 0. The molecular formula is C29H28FNO2. The fourth-order valence-corrected chi connectivity index (χ4v) is 4.60. The first-order valence-electron chi connectivity index (χ1n) is 11.5. The maximum Gasteiger partial charge on any atom is 0.133 e. The summed E-state index contributed by atoms with van der Waals surface area (Å²) in [6.07, 6.45) is 0.975. The van der Waals surface area contributed by atoms with Crippen molar-refractivity contribution in [1.29, 1.82) is 0 Å². The van der Waals surface area contributed by atoms with Gasteiger partial charge in [0.25, 0.3) is 0 Å². The smallest absolute Gasteiger partial charge is 0.133 e. The van der Waals surface area contributed by atoms with E-state index in [0.29, 0.717) is 13.2 Å². The Bertz CT molecular complexity index is 1190. The van der Waals surface area contributed by atoms with E-state index in [4.69, 9.17) is 9.47 Å². The predicted octanol–water partition coefficient (Wildman–Crippen LogP) is 6.22. The lowest BCUT2D eigenvalue weighted by atomic mass is 9.87. The van der Waals surface area contributed by atoms with E-state index in [1.807, 2.05) is 42.5 Å². The van der Waals surface area contributed by atoms with Gasteiger partial charge >= 0.3 is 0 Å². The number of hydrogen-bond acceptors (Lipinski definition) is 3. The van der Waals surface area contributed by atoms with Gasteiger partial charge in [-0.25, -0.2) is 4.39 Å². The fraction of sp³-hybridized carbons (Fsp3) is 0.241. The Hall–Kier alpha value is -3.21. The van der Waals surface area contributed by atoms with Gasteiger partial charge in [0.2, 0.25) is 0 Å². The van der Waals surface area contributed by atoms with Crippen LogP contribution >= 0.6 is 0 Å². The van der Waals surface area contributed by atoms with Gasteiger partial charge in [0.1, 0.15) is 18.2 Å². The van der Waals surface area contributed by atoms with Gasteiger partial charge in [-0.05, 0) is 41.6 Å². The molecule has 33 heavy (non-hydrogen) atoms. The third-order valence-corrected chi connectivity index (χ3v) is 6.36. The first-order valence-corrected chi connectivity index (χ1v) is 11.5. The van der Waals surface area contributed by atoms with Crippen molar-refractivity contribution in [3.63, 3.8) is 0 Å². The van der Waals surface area contributed by atoms with Crippen molar-refractivity contribution in [3.8, 4) is 5.75 Å². The van der Waals surface area contributed by atoms with Crippen LogP contribution in [-0.4, -0.2) is 19.2 Å². The van der Waals surface area contributed by atoms with Crippen LogP contribution in [0, 0.1) is 5.82 Å². The van der Waals surface area contributed by atoms with Gasteiger partial charge in [-0.15, -0.1) is 0 Å². The molecular weight excluding hydrogens is 413 g/mol. The highest BCUT2D eigenvalue weighted by Crippen LogP contribution is 2.33. The SMILES string of the molecule is Fc1ccc(C2CCNCC2OCc2ccc3ccccc3c2OCc2ccccc2)cc1. The molecule has 4 aromatic rings. The largest absolute Gasteiger partial charge is 0.488 e. The second-order valence-corrected chi connectivity index (χ2v) is 8.55. The number of hydrogen-bond donors (Lipinski definition) is 1. The van der Waals surface area contributed by atoms with E-state index in [0.717, 1.165) is 52.7 Å². The Morgan fingerprint density at radius 2 is 1.61 bits per heavy atom. The van der Waals surface area contributed by atoms with E-state index < -0.39 is 0 Å². The van der Waals surface area contributed by atoms with Gasteiger partial charge in [-0.3, -0.25) is 0 Å². The molecule has 4 aromatic carbocycles. The second-order valence-electron chi connectivity index (χ2n) is 8.55. The molecule has 1 aliphatic rings. The molecule has 1 heterocycles. The molecule has 0 spiro atoms. The highest BCUT2D eigenvalue weighted by Gasteiger charge is 2.27. The number of ether oxygens (including phenoxy) is 2. The number of benzene rings is 4. The summed E-state index contributed by atoms with van der Waals surface area (Å²) in [5.74, 6) is 0.904. The number of nitrogens with one attached hydrogen (secondary N) is 1. The van der Waals surface area contributed by atoms with Crippen molar-refractivity contribution in [2.75, 3.05) is 13.1 Å². The molecule has 1 N–H and O–H groups in total. The number of halogens is 1. The Morgan fingerprint density at radius 1 is 0.818 bits per heavy atom. The van der Waals surface area contributed by atoms with Crippen molar-refractivity contribution in [3.05, 3.63) is 114 Å². The van der Waals surface area contributed by atoms with Crippen molar-refractivity contribution in [2.24, 2.45) is 0 Å². The Morgan fingerprint density at radius 3 is 2.45 bits per heavy atom. The number of rotatable bonds is 7. The molecule has 4 heteroatoms. The van der Waals surface area contributed by atoms with E-state index in [-0.39, 0.29) is 17.8 Å². The molecule has 168 valence electrons. The summed E-state index contributed by atoms with van der Waals surface area (Å²) in [5.41, 5.74) is 3.29. The average molecular weight is 442 g/mol. The summed E-state index contributed by atoms with van der Waals surface area (Å²) in [7, 11) is 0. The van der Waals surface area contributed by atoms with E-state index >= 15 is 0 Å². The summed E-state index contributed by atoms with van der Waals surface area (Å²) < 4.78 is 26.3. The third-order valence-electron chi connectivity index (χ3n) is 6.36. The van der Waals surface area contributed by atoms with Crippen LogP contribution < -0.4 is 10.1 Å². The molecule has 2 unspecified atom stereocenters. The van der Waals surface area contributed by atoms with Crippen LogP contribution in [0.4, 0.5) is 4.39 Å². The number of piperidine rings is 1. The second kappa shape index (κ2) is 10.2. The Kier molecular flexibility index (Phi) is 6.66. The van der Waals surface area contributed by atoms with E-state index in [2.05, 4.69) is 41.7 Å². The van der Waals surface area contributed by atoms with Crippen LogP contribution in [0.2, 0.25) is 0 Å². The lowest BCUT2D eigenvalue weighted by Gasteiger charge is -2.32. The molecule has 5 rings (SSSR count). The van der Waals surface area contributed by atoms with Crippen LogP contribution in [0.1, 0.15) is 29.0 Å². The predicted molar refractivity (Wildman–Crippen MR) is 130 cm³/mol. The van der Waals surface area contributed by atoms with Crippen molar-refractivity contribution in [2.45, 2.75) is 31.7 Å². The normalized spacial score (nSPS) is 18.3. The Balaban J connectivity index is 1.38. The van der Waals surface area contributed by atoms with Crippen molar-refractivity contribution in [1.82, 2.24) is 5.32 Å². The Labute approximate surface area is 194 Å². The standard InChI is InChI=1S/C29H28FNO2/c30-25-14-12-23(13-15-25)26-16-17-31-18-28(26)32-20-24-11-10-22-8-4-5-9-27(22)29(24)33-19-21-6-2-1-3-7-21/h1-15,26,28,31H,16-20H2. The maximum atomic E-state index is 13.4. The van der Waals surface area contributed by atoms with Crippen LogP contribution in [0.15, 0.2) is 91.0 Å². The summed E-state index contributed by atoms with van der Waals surface area (Å²) in [6, 6.07) is 29.5. The third kappa shape index (κ3) is 5.08. The topological polar surface area (TPSA) is 30.5 Å². The molecule has 0 amide bonds. The molecule has 1 fully saturated rings. The zero-order chi connectivity index (χ0) is 22.5.